The molecule has 32 heavy (non-hydrogen) atoms. The third-order valence-corrected chi connectivity index (χ3v) is 5.05. The SMILES string of the molecule is COc1cccc(CNC(=O)c2cc(-c3nnn(C[C@H]4CC[C@H](O)CO4)n3)nc(C)n2)c1. The molecule has 1 aliphatic heterocycles. The van der Waals surface area contributed by atoms with Crippen LogP contribution in [0.2, 0.25) is 0 Å². The fourth-order valence-electron chi connectivity index (χ4n) is 3.40. The van der Waals surface area contributed by atoms with E-state index in [1.807, 2.05) is 24.3 Å². The summed E-state index contributed by atoms with van der Waals surface area (Å²) >= 11 is 0. The maximum Gasteiger partial charge on any atom is 0.270 e. The molecule has 0 bridgehead atoms. The van der Waals surface area contributed by atoms with Crippen molar-refractivity contribution in [1.29, 1.82) is 0 Å². The molecule has 2 N–H and O–H groups in total. The van der Waals surface area contributed by atoms with Crippen LogP contribution in [-0.4, -0.2) is 67.1 Å². The van der Waals surface area contributed by atoms with E-state index < -0.39 is 6.10 Å². The minimum atomic E-state index is -0.414. The van der Waals surface area contributed by atoms with Gasteiger partial charge in [-0.25, -0.2) is 9.97 Å². The standard InChI is InChI=1S/C21H25N7O4/c1-13-23-18(20-25-27-28(26-20)11-17-7-6-15(29)12-32-17)9-19(24-13)21(30)22-10-14-4-3-5-16(8-14)31-2/h3-5,8-9,15,17,29H,6-7,10-12H2,1-2H3,(H,22,30)/t15-,17+/m0/s1. The van der Waals surface area contributed by atoms with Crippen molar-refractivity contribution >= 4 is 5.91 Å². The molecule has 2 atom stereocenters. The molecule has 1 aliphatic rings. The van der Waals surface area contributed by atoms with Gasteiger partial charge in [0.25, 0.3) is 5.91 Å². The van der Waals surface area contributed by atoms with Crippen molar-refractivity contribution < 1.29 is 19.4 Å². The summed E-state index contributed by atoms with van der Waals surface area (Å²) < 4.78 is 10.8. The topological polar surface area (TPSA) is 137 Å². The normalized spacial score (nSPS) is 18.3. The zero-order valence-corrected chi connectivity index (χ0v) is 17.9. The third-order valence-electron chi connectivity index (χ3n) is 5.05. The lowest BCUT2D eigenvalue weighted by Crippen LogP contribution is -2.32. The Morgan fingerprint density at radius 2 is 2.19 bits per heavy atom. The fraction of sp³-hybridized carbons (Fsp3) is 0.429. The first-order chi connectivity index (χ1) is 15.5. The first-order valence-electron chi connectivity index (χ1n) is 10.3. The van der Waals surface area contributed by atoms with Gasteiger partial charge in [0.15, 0.2) is 0 Å². The number of hydrogen-bond acceptors (Lipinski definition) is 9. The molecular weight excluding hydrogens is 414 g/mol. The fourth-order valence-corrected chi connectivity index (χ4v) is 3.40. The predicted octanol–water partition coefficient (Wildman–Crippen LogP) is 0.917. The Labute approximate surface area is 184 Å². The number of rotatable bonds is 7. The van der Waals surface area contributed by atoms with Gasteiger partial charge in [0.2, 0.25) is 5.82 Å². The first-order valence-corrected chi connectivity index (χ1v) is 10.3. The molecule has 1 fully saturated rings. The lowest BCUT2D eigenvalue weighted by atomic mass is 10.1. The van der Waals surface area contributed by atoms with Gasteiger partial charge in [0.1, 0.15) is 23.0 Å². The van der Waals surface area contributed by atoms with Gasteiger partial charge in [-0.1, -0.05) is 12.1 Å². The van der Waals surface area contributed by atoms with Crippen LogP contribution in [0.5, 0.6) is 5.75 Å². The summed E-state index contributed by atoms with van der Waals surface area (Å²) in [5.41, 5.74) is 1.54. The number of hydrogen-bond donors (Lipinski definition) is 2. The lowest BCUT2D eigenvalue weighted by Gasteiger charge is -2.25. The van der Waals surface area contributed by atoms with Crippen molar-refractivity contribution in [2.75, 3.05) is 13.7 Å². The minimum Gasteiger partial charge on any atom is -0.497 e. The van der Waals surface area contributed by atoms with Crippen LogP contribution >= 0.6 is 0 Å². The van der Waals surface area contributed by atoms with Crippen molar-refractivity contribution in [2.24, 2.45) is 0 Å². The summed E-state index contributed by atoms with van der Waals surface area (Å²) in [6, 6.07) is 9.01. The number of amides is 1. The Morgan fingerprint density at radius 3 is 2.97 bits per heavy atom. The molecule has 0 saturated carbocycles. The Morgan fingerprint density at radius 1 is 1.31 bits per heavy atom. The molecule has 168 valence electrons. The highest BCUT2D eigenvalue weighted by atomic mass is 16.5. The third kappa shape index (κ3) is 5.42. The minimum absolute atomic E-state index is 0.0782. The number of tetrazole rings is 1. The maximum absolute atomic E-state index is 12.7. The molecule has 11 nitrogen and oxygen atoms in total. The number of nitrogens with one attached hydrogen (secondary N) is 1. The average Bonchev–Trinajstić information content (AvgIpc) is 3.27. The van der Waals surface area contributed by atoms with E-state index in [4.69, 9.17) is 9.47 Å². The highest BCUT2D eigenvalue weighted by molar-refractivity contribution is 5.93. The molecule has 4 rings (SSSR count). The Bertz CT molecular complexity index is 1080. The second kappa shape index (κ2) is 9.79. The highest BCUT2D eigenvalue weighted by Gasteiger charge is 2.22. The number of aliphatic hydroxyl groups is 1. The molecule has 11 heteroatoms. The highest BCUT2D eigenvalue weighted by Crippen LogP contribution is 2.17. The van der Waals surface area contributed by atoms with E-state index in [9.17, 15) is 9.90 Å². The van der Waals surface area contributed by atoms with E-state index in [1.165, 1.54) is 4.80 Å². The van der Waals surface area contributed by atoms with Crippen molar-refractivity contribution in [3.8, 4) is 17.3 Å². The number of ether oxygens (including phenoxy) is 2. The van der Waals surface area contributed by atoms with Crippen molar-refractivity contribution in [2.45, 2.75) is 45.1 Å². The largest absolute Gasteiger partial charge is 0.497 e. The molecule has 3 heterocycles. The Kier molecular flexibility index (Phi) is 6.66. The van der Waals surface area contributed by atoms with Gasteiger partial charge >= 0.3 is 0 Å². The van der Waals surface area contributed by atoms with E-state index in [0.717, 1.165) is 17.7 Å². The molecule has 1 aromatic carbocycles. The number of carbonyl (C=O) groups is 1. The van der Waals surface area contributed by atoms with Crippen LogP contribution in [0.25, 0.3) is 11.5 Å². The van der Waals surface area contributed by atoms with Gasteiger partial charge in [0.05, 0.1) is 32.5 Å². The number of benzene rings is 1. The van der Waals surface area contributed by atoms with E-state index in [-0.39, 0.29) is 17.7 Å². The first kappa shape index (κ1) is 21.8. The molecular formula is C21H25N7O4. The number of aliphatic hydroxyl groups excluding tert-OH is 1. The summed E-state index contributed by atoms with van der Waals surface area (Å²) in [6.07, 6.45) is 0.918. The second-order valence-corrected chi connectivity index (χ2v) is 7.57. The van der Waals surface area contributed by atoms with E-state index in [2.05, 4.69) is 30.7 Å². The van der Waals surface area contributed by atoms with E-state index in [0.29, 0.717) is 43.5 Å². The lowest BCUT2D eigenvalue weighted by molar-refractivity contribution is -0.0636. The number of carbonyl (C=O) groups excluding carboxylic acids is 1. The second-order valence-electron chi connectivity index (χ2n) is 7.57. The zero-order chi connectivity index (χ0) is 22.5. The summed E-state index contributed by atoms with van der Waals surface area (Å²) in [5, 5.41) is 24.9. The van der Waals surface area contributed by atoms with Gasteiger partial charge in [-0.2, -0.15) is 4.80 Å². The van der Waals surface area contributed by atoms with Crippen molar-refractivity contribution in [1.82, 2.24) is 35.5 Å². The van der Waals surface area contributed by atoms with Crippen LogP contribution in [0, 0.1) is 6.92 Å². The van der Waals surface area contributed by atoms with Crippen molar-refractivity contribution in [3.05, 3.63) is 47.4 Å². The van der Waals surface area contributed by atoms with E-state index in [1.54, 1.807) is 20.1 Å². The van der Waals surface area contributed by atoms with Gasteiger partial charge in [-0.3, -0.25) is 4.79 Å². The molecule has 0 unspecified atom stereocenters. The molecule has 0 spiro atoms. The van der Waals surface area contributed by atoms with Crippen LogP contribution in [0.3, 0.4) is 0 Å². The van der Waals surface area contributed by atoms with Gasteiger partial charge in [-0.15, -0.1) is 10.2 Å². The van der Waals surface area contributed by atoms with Crippen LogP contribution in [0.4, 0.5) is 0 Å². The van der Waals surface area contributed by atoms with Gasteiger partial charge in [0, 0.05) is 6.54 Å². The Balaban J connectivity index is 1.43. The van der Waals surface area contributed by atoms with Crippen LogP contribution in [0.15, 0.2) is 30.3 Å². The molecule has 0 aliphatic carbocycles. The molecule has 1 amide bonds. The van der Waals surface area contributed by atoms with E-state index >= 15 is 0 Å². The van der Waals surface area contributed by atoms with Crippen LogP contribution < -0.4 is 10.1 Å². The zero-order valence-electron chi connectivity index (χ0n) is 17.9. The number of aryl methyl sites for hydroxylation is 1. The van der Waals surface area contributed by atoms with Crippen LogP contribution in [-0.2, 0) is 17.8 Å². The summed E-state index contributed by atoms with van der Waals surface area (Å²) in [7, 11) is 1.60. The smallest absolute Gasteiger partial charge is 0.270 e. The van der Waals surface area contributed by atoms with Crippen LogP contribution in [0.1, 0.15) is 34.7 Å². The van der Waals surface area contributed by atoms with Gasteiger partial charge < -0.3 is 19.9 Å². The quantitative estimate of drug-likeness (QED) is 0.550. The summed E-state index contributed by atoms with van der Waals surface area (Å²) in [5.74, 6) is 1.12. The number of aromatic nitrogens is 6. The molecule has 2 aromatic heterocycles. The van der Waals surface area contributed by atoms with Crippen molar-refractivity contribution in [3.63, 3.8) is 0 Å². The number of nitrogens with zero attached hydrogens (tertiary/aromatic N) is 6. The predicted molar refractivity (Wildman–Crippen MR) is 113 cm³/mol. The summed E-state index contributed by atoms with van der Waals surface area (Å²) in [6.45, 7) is 2.77. The average molecular weight is 439 g/mol. The van der Waals surface area contributed by atoms with Gasteiger partial charge in [-0.05, 0) is 48.7 Å². The maximum atomic E-state index is 12.7. The summed E-state index contributed by atoms with van der Waals surface area (Å²) in [4.78, 5) is 22.7. The molecule has 0 radical (unpaired) electrons. The monoisotopic (exact) mass is 439 g/mol. The molecule has 1 saturated heterocycles. The molecule has 3 aromatic rings. The number of methoxy groups -OCH3 is 1. The Hall–Kier alpha value is -3.44.